The maximum absolute atomic E-state index is 10.9. The molecule has 0 aromatic carbocycles. The minimum absolute atomic E-state index is 0.559. The summed E-state index contributed by atoms with van der Waals surface area (Å²) < 4.78 is 5.24. The maximum Gasteiger partial charge on any atom is 0.334 e. The summed E-state index contributed by atoms with van der Waals surface area (Å²) in [6.07, 6.45) is 7.45. The zero-order chi connectivity index (χ0) is 12.1. The smallest absolute Gasteiger partial charge is 0.334 e. The van der Waals surface area contributed by atoms with Gasteiger partial charge in [-0.1, -0.05) is 25.7 Å². The molecule has 98 valence electrons. The molecule has 1 saturated heterocycles. The average Bonchev–Trinajstić information content (AvgIpc) is 2.58. The average molecular weight is 241 g/mol. The second-order valence-electron chi connectivity index (χ2n) is 5.31. The number of morpholine rings is 1. The van der Waals surface area contributed by atoms with E-state index in [9.17, 15) is 4.79 Å². The molecule has 0 bridgehead atoms. The Morgan fingerprint density at radius 3 is 2.59 bits per heavy atom. The normalized spacial score (nSPS) is 28.8. The van der Waals surface area contributed by atoms with E-state index in [2.05, 4.69) is 4.90 Å². The lowest BCUT2D eigenvalue weighted by molar-refractivity contribution is -0.156. The Balaban J connectivity index is 1.79. The molecule has 0 amide bonds. The van der Waals surface area contributed by atoms with Crippen molar-refractivity contribution < 1.29 is 14.6 Å². The summed E-state index contributed by atoms with van der Waals surface area (Å²) in [6.45, 7) is 3.07. The lowest BCUT2D eigenvalue weighted by Gasteiger charge is -2.33. The van der Waals surface area contributed by atoms with E-state index >= 15 is 0 Å². The van der Waals surface area contributed by atoms with Gasteiger partial charge < -0.3 is 9.84 Å². The predicted octanol–water partition coefficient (Wildman–Crippen LogP) is 1.74. The maximum atomic E-state index is 10.9. The van der Waals surface area contributed by atoms with Crippen LogP contribution in [-0.2, 0) is 9.53 Å². The van der Waals surface area contributed by atoms with Crippen molar-refractivity contribution in [3.05, 3.63) is 0 Å². The summed E-state index contributed by atoms with van der Waals surface area (Å²) in [5.41, 5.74) is 0. The Bertz CT molecular complexity index is 249. The van der Waals surface area contributed by atoms with Crippen LogP contribution in [0.5, 0.6) is 0 Å². The van der Waals surface area contributed by atoms with Gasteiger partial charge in [-0.2, -0.15) is 0 Å². The Morgan fingerprint density at radius 1 is 1.24 bits per heavy atom. The summed E-state index contributed by atoms with van der Waals surface area (Å²) in [7, 11) is 0. The van der Waals surface area contributed by atoms with E-state index < -0.39 is 12.1 Å². The van der Waals surface area contributed by atoms with Crippen molar-refractivity contribution in [2.24, 2.45) is 5.92 Å². The van der Waals surface area contributed by atoms with Crippen LogP contribution >= 0.6 is 0 Å². The first-order valence-corrected chi connectivity index (χ1v) is 6.82. The minimum Gasteiger partial charge on any atom is -0.479 e. The molecule has 0 aromatic rings. The van der Waals surface area contributed by atoms with Crippen molar-refractivity contribution in [2.75, 3.05) is 26.2 Å². The van der Waals surface area contributed by atoms with Crippen LogP contribution in [0.3, 0.4) is 0 Å². The first kappa shape index (κ1) is 12.8. The molecule has 4 nitrogen and oxygen atoms in total. The van der Waals surface area contributed by atoms with Gasteiger partial charge in [0, 0.05) is 19.6 Å². The molecule has 0 spiro atoms. The molecule has 1 unspecified atom stereocenters. The highest BCUT2D eigenvalue weighted by molar-refractivity contribution is 5.72. The molecule has 2 aliphatic rings. The summed E-state index contributed by atoms with van der Waals surface area (Å²) in [5, 5.41) is 8.96. The second kappa shape index (κ2) is 6.36. The van der Waals surface area contributed by atoms with E-state index in [0.29, 0.717) is 13.2 Å². The summed E-state index contributed by atoms with van der Waals surface area (Å²) in [6, 6.07) is 0. The quantitative estimate of drug-likeness (QED) is 0.765. The first-order chi connectivity index (χ1) is 8.25. The van der Waals surface area contributed by atoms with E-state index in [-0.39, 0.29) is 0 Å². The fourth-order valence-electron chi connectivity index (χ4n) is 2.93. The van der Waals surface area contributed by atoms with Crippen molar-refractivity contribution in [2.45, 2.75) is 44.6 Å². The SMILES string of the molecule is O=C(O)C1CN(CC2CCCCCC2)CCO1. The van der Waals surface area contributed by atoms with Crippen molar-refractivity contribution >= 4 is 5.97 Å². The molecule has 0 radical (unpaired) electrons. The molecular formula is C13H23NO3. The minimum atomic E-state index is -0.824. The number of ether oxygens (including phenoxy) is 1. The van der Waals surface area contributed by atoms with Crippen LogP contribution in [0, 0.1) is 5.92 Å². The molecule has 1 atom stereocenters. The number of carboxylic acid groups (broad SMARTS) is 1. The molecule has 1 aliphatic heterocycles. The predicted molar refractivity (Wildman–Crippen MR) is 65.0 cm³/mol. The Labute approximate surface area is 103 Å². The van der Waals surface area contributed by atoms with E-state index in [0.717, 1.165) is 19.0 Å². The topological polar surface area (TPSA) is 49.8 Å². The van der Waals surface area contributed by atoms with E-state index in [4.69, 9.17) is 9.84 Å². The van der Waals surface area contributed by atoms with Gasteiger partial charge in [-0.05, 0) is 18.8 Å². The van der Waals surface area contributed by atoms with Crippen molar-refractivity contribution in [1.82, 2.24) is 4.90 Å². The van der Waals surface area contributed by atoms with Crippen LogP contribution in [-0.4, -0.2) is 48.3 Å². The van der Waals surface area contributed by atoms with E-state index in [1.54, 1.807) is 0 Å². The molecule has 1 heterocycles. The van der Waals surface area contributed by atoms with Crippen LogP contribution in [0.2, 0.25) is 0 Å². The van der Waals surface area contributed by atoms with Crippen molar-refractivity contribution in [3.63, 3.8) is 0 Å². The van der Waals surface area contributed by atoms with E-state index in [1.807, 2.05) is 0 Å². The first-order valence-electron chi connectivity index (χ1n) is 6.82. The summed E-state index contributed by atoms with van der Waals surface area (Å²) >= 11 is 0. The highest BCUT2D eigenvalue weighted by Gasteiger charge is 2.27. The number of rotatable bonds is 3. The number of carboxylic acids is 1. The highest BCUT2D eigenvalue weighted by Crippen LogP contribution is 2.24. The summed E-state index contributed by atoms with van der Waals surface area (Å²) in [5.74, 6) is -0.0550. The van der Waals surface area contributed by atoms with Gasteiger partial charge in [0.1, 0.15) is 0 Å². The Morgan fingerprint density at radius 2 is 1.94 bits per heavy atom. The van der Waals surface area contributed by atoms with Crippen molar-refractivity contribution in [1.29, 1.82) is 0 Å². The standard InChI is InChI=1S/C13H23NO3/c15-13(16)12-10-14(7-8-17-12)9-11-5-3-1-2-4-6-11/h11-12H,1-10H2,(H,15,16). The number of nitrogens with zero attached hydrogens (tertiary/aromatic N) is 1. The highest BCUT2D eigenvalue weighted by atomic mass is 16.5. The van der Waals surface area contributed by atoms with Gasteiger partial charge in [0.05, 0.1) is 6.61 Å². The van der Waals surface area contributed by atoms with Crippen LogP contribution in [0.15, 0.2) is 0 Å². The molecule has 4 heteroatoms. The third-order valence-electron chi connectivity index (χ3n) is 3.92. The van der Waals surface area contributed by atoms with Crippen LogP contribution in [0.25, 0.3) is 0 Å². The Hall–Kier alpha value is -0.610. The van der Waals surface area contributed by atoms with Crippen LogP contribution in [0.4, 0.5) is 0 Å². The van der Waals surface area contributed by atoms with Crippen molar-refractivity contribution in [3.8, 4) is 0 Å². The lowest BCUT2D eigenvalue weighted by atomic mass is 9.99. The molecule has 1 aliphatic carbocycles. The third kappa shape index (κ3) is 3.96. The largest absolute Gasteiger partial charge is 0.479 e. The number of hydrogen-bond acceptors (Lipinski definition) is 3. The molecule has 1 N–H and O–H groups in total. The monoisotopic (exact) mass is 241 g/mol. The van der Waals surface area contributed by atoms with Gasteiger partial charge in [0.15, 0.2) is 6.10 Å². The number of aliphatic carboxylic acids is 1. The number of carbonyl (C=O) groups is 1. The lowest BCUT2D eigenvalue weighted by Crippen LogP contribution is -2.47. The van der Waals surface area contributed by atoms with Gasteiger partial charge in [0.25, 0.3) is 0 Å². The van der Waals surface area contributed by atoms with Gasteiger partial charge in [0.2, 0.25) is 0 Å². The van der Waals surface area contributed by atoms with Gasteiger partial charge in [-0.15, -0.1) is 0 Å². The fraction of sp³-hybridized carbons (Fsp3) is 0.923. The zero-order valence-electron chi connectivity index (χ0n) is 10.4. The number of hydrogen-bond donors (Lipinski definition) is 1. The zero-order valence-corrected chi connectivity index (χ0v) is 10.4. The molecule has 2 fully saturated rings. The molecule has 2 rings (SSSR count). The Kier molecular flexibility index (Phi) is 4.80. The third-order valence-corrected chi connectivity index (χ3v) is 3.92. The van der Waals surface area contributed by atoms with Gasteiger partial charge in [-0.3, -0.25) is 4.90 Å². The summed E-state index contributed by atoms with van der Waals surface area (Å²) in [4.78, 5) is 13.2. The molecule has 1 saturated carbocycles. The fourth-order valence-corrected chi connectivity index (χ4v) is 2.93. The van der Waals surface area contributed by atoms with Gasteiger partial charge >= 0.3 is 5.97 Å². The molecule has 0 aromatic heterocycles. The molecular weight excluding hydrogens is 218 g/mol. The van der Waals surface area contributed by atoms with Crippen LogP contribution < -0.4 is 0 Å². The molecule has 17 heavy (non-hydrogen) atoms. The van der Waals surface area contributed by atoms with Crippen LogP contribution in [0.1, 0.15) is 38.5 Å². The van der Waals surface area contributed by atoms with E-state index in [1.165, 1.54) is 38.5 Å². The van der Waals surface area contributed by atoms with Gasteiger partial charge in [-0.25, -0.2) is 4.79 Å². The second-order valence-corrected chi connectivity index (χ2v) is 5.31.